The van der Waals surface area contributed by atoms with Crippen LogP contribution in [-0.4, -0.2) is 42.0 Å². The molecule has 9 heteroatoms. The molecule has 146 valence electrons. The third-order valence-electron chi connectivity index (χ3n) is 4.47. The standard InChI is InChI=1S/C19H16ClF3N4O/c20-16-10-15(19(21,22)23)12-25-17(16)26-5-2-6-27(8-7-26)18(28)14-4-1-3-13(9-14)11-24/h1,3-4,9-10,12H,2,5-8H2. The molecule has 28 heavy (non-hydrogen) atoms. The van der Waals surface area contributed by atoms with E-state index in [4.69, 9.17) is 16.9 Å². The molecule has 1 saturated heterocycles. The highest BCUT2D eigenvalue weighted by molar-refractivity contribution is 6.33. The minimum absolute atomic E-state index is 0.0728. The Morgan fingerprint density at radius 2 is 1.96 bits per heavy atom. The molecule has 0 bridgehead atoms. The van der Waals surface area contributed by atoms with E-state index in [2.05, 4.69) is 4.98 Å². The molecule has 0 radical (unpaired) electrons. The van der Waals surface area contributed by atoms with Gasteiger partial charge in [-0.1, -0.05) is 17.7 Å². The fourth-order valence-corrected chi connectivity index (χ4v) is 3.34. The lowest BCUT2D eigenvalue weighted by atomic mass is 10.1. The first kappa shape index (κ1) is 20.0. The molecule has 3 rings (SSSR count). The minimum Gasteiger partial charge on any atom is -0.354 e. The molecule has 1 aliphatic heterocycles. The van der Waals surface area contributed by atoms with Crippen molar-refractivity contribution in [1.29, 1.82) is 5.26 Å². The lowest BCUT2D eigenvalue weighted by Crippen LogP contribution is -2.35. The molecule has 5 nitrogen and oxygen atoms in total. The van der Waals surface area contributed by atoms with Gasteiger partial charge < -0.3 is 9.80 Å². The summed E-state index contributed by atoms with van der Waals surface area (Å²) in [6.45, 7) is 1.76. The van der Waals surface area contributed by atoms with E-state index in [0.717, 1.165) is 12.3 Å². The summed E-state index contributed by atoms with van der Waals surface area (Å²) in [5.41, 5.74) is -0.0635. The molecule has 0 atom stereocenters. The maximum absolute atomic E-state index is 12.8. The van der Waals surface area contributed by atoms with Gasteiger partial charge in [-0.15, -0.1) is 0 Å². The van der Waals surface area contributed by atoms with Gasteiger partial charge in [-0.05, 0) is 30.7 Å². The van der Waals surface area contributed by atoms with Crippen molar-refractivity contribution in [2.75, 3.05) is 31.1 Å². The predicted molar refractivity (Wildman–Crippen MR) is 98.1 cm³/mol. The van der Waals surface area contributed by atoms with Crippen LogP contribution >= 0.6 is 11.6 Å². The number of hydrogen-bond donors (Lipinski definition) is 0. The van der Waals surface area contributed by atoms with Crippen LogP contribution in [0.15, 0.2) is 36.5 Å². The van der Waals surface area contributed by atoms with Gasteiger partial charge in [-0.25, -0.2) is 4.98 Å². The molecular weight excluding hydrogens is 393 g/mol. The van der Waals surface area contributed by atoms with Crippen molar-refractivity contribution < 1.29 is 18.0 Å². The molecule has 0 unspecified atom stereocenters. The normalized spacial score (nSPS) is 15.1. The topological polar surface area (TPSA) is 60.2 Å². The van der Waals surface area contributed by atoms with Gasteiger partial charge in [0.15, 0.2) is 0 Å². The third kappa shape index (κ3) is 4.37. The number of halogens is 4. The first-order chi connectivity index (χ1) is 13.3. The second kappa shape index (κ2) is 8.07. The van der Waals surface area contributed by atoms with Crippen molar-refractivity contribution in [3.8, 4) is 6.07 Å². The Morgan fingerprint density at radius 3 is 2.64 bits per heavy atom. The average Bonchev–Trinajstić information content (AvgIpc) is 2.92. The molecule has 0 aliphatic carbocycles. The highest BCUT2D eigenvalue weighted by Gasteiger charge is 2.32. The molecule has 2 heterocycles. The second-order valence-corrected chi connectivity index (χ2v) is 6.76. The zero-order valence-electron chi connectivity index (χ0n) is 14.7. The van der Waals surface area contributed by atoms with Crippen LogP contribution in [0, 0.1) is 11.3 Å². The van der Waals surface area contributed by atoms with Crippen molar-refractivity contribution in [3.05, 3.63) is 58.2 Å². The summed E-state index contributed by atoms with van der Waals surface area (Å²) < 4.78 is 38.4. The molecule has 1 aromatic carbocycles. The van der Waals surface area contributed by atoms with Gasteiger partial charge in [0.2, 0.25) is 0 Å². The molecule has 0 spiro atoms. The summed E-state index contributed by atoms with van der Waals surface area (Å²) in [7, 11) is 0. The van der Waals surface area contributed by atoms with Crippen LogP contribution in [0.25, 0.3) is 0 Å². The van der Waals surface area contributed by atoms with E-state index >= 15 is 0 Å². The second-order valence-electron chi connectivity index (χ2n) is 6.35. The fraction of sp³-hybridized carbons (Fsp3) is 0.316. The van der Waals surface area contributed by atoms with Crippen molar-refractivity contribution in [3.63, 3.8) is 0 Å². The van der Waals surface area contributed by atoms with Crippen LogP contribution in [0.2, 0.25) is 5.02 Å². The number of nitriles is 1. The lowest BCUT2D eigenvalue weighted by molar-refractivity contribution is -0.137. The molecule has 0 N–H and O–H groups in total. The van der Waals surface area contributed by atoms with E-state index in [1.54, 1.807) is 34.1 Å². The third-order valence-corrected chi connectivity index (χ3v) is 4.75. The highest BCUT2D eigenvalue weighted by Crippen LogP contribution is 2.33. The largest absolute Gasteiger partial charge is 0.417 e. The van der Waals surface area contributed by atoms with Gasteiger partial charge in [0.25, 0.3) is 5.91 Å². The molecule has 2 aromatic rings. The molecule has 0 saturated carbocycles. The Morgan fingerprint density at radius 1 is 1.18 bits per heavy atom. The van der Waals surface area contributed by atoms with Gasteiger partial charge in [-0.2, -0.15) is 18.4 Å². The van der Waals surface area contributed by atoms with Crippen LogP contribution < -0.4 is 4.90 Å². The predicted octanol–water partition coefficient (Wildman–Crippen LogP) is 3.98. The summed E-state index contributed by atoms with van der Waals surface area (Å²) in [5.74, 6) is 0.0841. The Balaban J connectivity index is 1.73. The van der Waals surface area contributed by atoms with Gasteiger partial charge in [-0.3, -0.25) is 4.79 Å². The SMILES string of the molecule is N#Cc1cccc(C(=O)N2CCCN(c3ncc(C(F)(F)F)cc3Cl)CC2)c1. The number of carbonyl (C=O) groups excluding carboxylic acids is 1. The number of aromatic nitrogens is 1. The summed E-state index contributed by atoms with van der Waals surface area (Å²) >= 11 is 6.03. The highest BCUT2D eigenvalue weighted by atomic mass is 35.5. The minimum atomic E-state index is -4.50. The average molecular weight is 409 g/mol. The summed E-state index contributed by atoms with van der Waals surface area (Å²) in [5, 5.41) is 8.91. The number of rotatable bonds is 2. The zero-order valence-corrected chi connectivity index (χ0v) is 15.5. The Labute approximate surface area is 164 Å². The maximum Gasteiger partial charge on any atom is 0.417 e. The van der Waals surface area contributed by atoms with Gasteiger partial charge in [0.1, 0.15) is 5.82 Å². The number of alkyl halides is 3. The number of pyridine rings is 1. The quantitative estimate of drug-likeness (QED) is 0.754. The first-order valence-electron chi connectivity index (χ1n) is 8.56. The zero-order chi connectivity index (χ0) is 20.3. The number of carbonyl (C=O) groups is 1. The number of nitrogens with zero attached hydrogens (tertiary/aromatic N) is 4. The summed E-state index contributed by atoms with van der Waals surface area (Å²) in [6, 6.07) is 9.34. The van der Waals surface area contributed by atoms with Crippen molar-refractivity contribution in [2.45, 2.75) is 12.6 Å². The first-order valence-corrected chi connectivity index (χ1v) is 8.94. The van der Waals surface area contributed by atoms with E-state index in [9.17, 15) is 18.0 Å². The van der Waals surface area contributed by atoms with Crippen molar-refractivity contribution in [1.82, 2.24) is 9.88 Å². The monoisotopic (exact) mass is 408 g/mol. The number of hydrogen-bond acceptors (Lipinski definition) is 4. The number of amides is 1. The van der Waals surface area contributed by atoms with Crippen molar-refractivity contribution >= 4 is 23.3 Å². The Kier molecular flexibility index (Phi) is 5.75. The molecule has 1 aliphatic rings. The van der Waals surface area contributed by atoms with Crippen LogP contribution in [0.3, 0.4) is 0 Å². The maximum atomic E-state index is 12.8. The lowest BCUT2D eigenvalue weighted by Gasteiger charge is -2.24. The summed E-state index contributed by atoms with van der Waals surface area (Å²) in [4.78, 5) is 20.1. The van der Waals surface area contributed by atoms with Crippen LogP contribution in [0.5, 0.6) is 0 Å². The van der Waals surface area contributed by atoms with E-state index in [1.165, 1.54) is 0 Å². The fourth-order valence-electron chi connectivity index (χ4n) is 3.06. The Hall–Kier alpha value is -2.79. The number of anilines is 1. The van der Waals surface area contributed by atoms with E-state index in [0.29, 0.717) is 43.7 Å². The summed E-state index contributed by atoms with van der Waals surface area (Å²) in [6.07, 6.45) is -3.12. The molecule has 1 amide bonds. The molecule has 1 fully saturated rings. The van der Waals surface area contributed by atoms with Crippen molar-refractivity contribution in [2.24, 2.45) is 0 Å². The van der Waals surface area contributed by atoms with Gasteiger partial charge >= 0.3 is 6.18 Å². The number of benzene rings is 1. The molecule has 1 aromatic heterocycles. The van der Waals surface area contributed by atoms with E-state index in [1.807, 2.05) is 6.07 Å². The van der Waals surface area contributed by atoms with Gasteiger partial charge in [0.05, 0.1) is 22.2 Å². The van der Waals surface area contributed by atoms with Crippen LogP contribution in [0.1, 0.15) is 27.9 Å². The van der Waals surface area contributed by atoms with Crippen LogP contribution in [-0.2, 0) is 6.18 Å². The van der Waals surface area contributed by atoms with Gasteiger partial charge in [0, 0.05) is 37.9 Å². The van der Waals surface area contributed by atoms with E-state index < -0.39 is 11.7 Å². The Bertz CT molecular complexity index is 926. The van der Waals surface area contributed by atoms with E-state index in [-0.39, 0.29) is 16.7 Å². The van der Waals surface area contributed by atoms with Crippen LogP contribution in [0.4, 0.5) is 19.0 Å². The molecular formula is C19H16ClF3N4O. The smallest absolute Gasteiger partial charge is 0.354 e.